The maximum absolute atomic E-state index is 4.63. The number of piperidine rings is 1. The van der Waals surface area contributed by atoms with E-state index >= 15 is 0 Å². The average molecular weight is 278 g/mol. The molecular formula is C16H30N4. The van der Waals surface area contributed by atoms with Crippen molar-refractivity contribution in [3.05, 3.63) is 18.0 Å². The van der Waals surface area contributed by atoms with Gasteiger partial charge in [-0.25, -0.2) is 0 Å². The minimum absolute atomic E-state index is 0.502. The van der Waals surface area contributed by atoms with E-state index < -0.39 is 0 Å². The number of hydrogen-bond acceptors (Lipinski definition) is 3. The fraction of sp³-hybridized carbons (Fsp3) is 0.812. The molecule has 0 amide bonds. The second-order valence-electron chi connectivity index (χ2n) is 6.05. The van der Waals surface area contributed by atoms with E-state index in [1.54, 1.807) is 0 Å². The van der Waals surface area contributed by atoms with Crippen LogP contribution in [0.25, 0.3) is 0 Å². The summed E-state index contributed by atoms with van der Waals surface area (Å²) in [5, 5.41) is 8.22. The summed E-state index contributed by atoms with van der Waals surface area (Å²) in [6, 6.07) is 2.64. The van der Waals surface area contributed by atoms with Gasteiger partial charge in [0.05, 0.1) is 5.69 Å². The lowest BCUT2D eigenvalue weighted by atomic mass is 9.97. The molecule has 1 saturated heterocycles. The van der Waals surface area contributed by atoms with Gasteiger partial charge < -0.3 is 10.2 Å². The number of aromatic nitrogens is 2. The van der Waals surface area contributed by atoms with Gasteiger partial charge in [0.15, 0.2) is 0 Å². The molecule has 2 heterocycles. The molecule has 2 rings (SSSR count). The van der Waals surface area contributed by atoms with Crippen LogP contribution in [0.3, 0.4) is 0 Å². The molecule has 0 radical (unpaired) electrons. The van der Waals surface area contributed by atoms with Crippen LogP contribution in [-0.4, -0.2) is 40.9 Å². The minimum atomic E-state index is 0.502. The van der Waals surface area contributed by atoms with Gasteiger partial charge in [0.1, 0.15) is 0 Å². The van der Waals surface area contributed by atoms with Crippen molar-refractivity contribution in [3.63, 3.8) is 0 Å². The van der Waals surface area contributed by atoms with Crippen LogP contribution >= 0.6 is 0 Å². The number of rotatable bonds is 7. The molecule has 0 saturated carbocycles. The van der Waals surface area contributed by atoms with Crippen molar-refractivity contribution in [2.45, 2.75) is 52.6 Å². The fourth-order valence-electron chi connectivity index (χ4n) is 2.82. The van der Waals surface area contributed by atoms with Crippen molar-refractivity contribution in [2.75, 3.05) is 26.2 Å². The summed E-state index contributed by atoms with van der Waals surface area (Å²) in [7, 11) is 0. The SMILES string of the molecule is CCC(C)n1ccc(CNCC2CCN(CC)CC2)n1. The quantitative estimate of drug-likeness (QED) is 0.832. The van der Waals surface area contributed by atoms with Gasteiger partial charge in [-0.3, -0.25) is 4.68 Å². The third-order valence-electron chi connectivity index (χ3n) is 4.60. The number of nitrogens with zero attached hydrogens (tertiary/aromatic N) is 3. The molecule has 1 aromatic heterocycles. The molecule has 1 aromatic rings. The Kier molecular flexibility index (Phi) is 6.05. The third-order valence-corrected chi connectivity index (χ3v) is 4.60. The highest BCUT2D eigenvalue weighted by Crippen LogP contribution is 2.16. The predicted molar refractivity (Wildman–Crippen MR) is 83.8 cm³/mol. The molecule has 1 aliphatic rings. The Balaban J connectivity index is 1.67. The second-order valence-corrected chi connectivity index (χ2v) is 6.05. The summed E-state index contributed by atoms with van der Waals surface area (Å²) in [5.41, 5.74) is 1.16. The van der Waals surface area contributed by atoms with Gasteiger partial charge in [-0.15, -0.1) is 0 Å². The Morgan fingerprint density at radius 3 is 2.75 bits per heavy atom. The molecule has 1 aliphatic heterocycles. The summed E-state index contributed by atoms with van der Waals surface area (Å²) in [6.07, 6.45) is 5.90. The average Bonchev–Trinajstić information content (AvgIpc) is 2.96. The van der Waals surface area contributed by atoms with E-state index in [4.69, 9.17) is 0 Å². The van der Waals surface area contributed by atoms with Gasteiger partial charge in [0.2, 0.25) is 0 Å². The molecule has 4 nitrogen and oxygen atoms in total. The summed E-state index contributed by atoms with van der Waals surface area (Å²) >= 11 is 0. The van der Waals surface area contributed by atoms with Crippen LogP contribution in [0.4, 0.5) is 0 Å². The summed E-state index contributed by atoms with van der Waals surface area (Å²) in [6.45, 7) is 12.4. The zero-order valence-electron chi connectivity index (χ0n) is 13.3. The lowest BCUT2D eigenvalue weighted by Crippen LogP contribution is -2.37. The maximum Gasteiger partial charge on any atom is 0.0762 e. The number of nitrogens with one attached hydrogen (secondary N) is 1. The molecule has 0 aromatic carbocycles. The van der Waals surface area contributed by atoms with Crippen LogP contribution in [0.15, 0.2) is 12.3 Å². The number of likely N-dealkylation sites (tertiary alicyclic amines) is 1. The highest BCUT2D eigenvalue weighted by molar-refractivity contribution is 4.99. The molecule has 0 bridgehead atoms. The lowest BCUT2D eigenvalue weighted by Gasteiger charge is -2.31. The molecule has 1 unspecified atom stereocenters. The van der Waals surface area contributed by atoms with Crippen LogP contribution in [-0.2, 0) is 6.54 Å². The first kappa shape index (κ1) is 15.5. The van der Waals surface area contributed by atoms with E-state index in [0.29, 0.717) is 6.04 Å². The van der Waals surface area contributed by atoms with Crippen LogP contribution in [0.2, 0.25) is 0 Å². The van der Waals surface area contributed by atoms with Crippen LogP contribution in [0.5, 0.6) is 0 Å². The number of hydrogen-bond donors (Lipinski definition) is 1. The van der Waals surface area contributed by atoms with E-state index in [-0.39, 0.29) is 0 Å². The lowest BCUT2D eigenvalue weighted by molar-refractivity contribution is 0.190. The van der Waals surface area contributed by atoms with E-state index in [1.807, 2.05) is 0 Å². The molecule has 1 N–H and O–H groups in total. The molecule has 0 spiro atoms. The molecule has 4 heteroatoms. The molecule has 114 valence electrons. The first-order valence-electron chi connectivity index (χ1n) is 8.20. The Hall–Kier alpha value is -0.870. The fourth-order valence-corrected chi connectivity index (χ4v) is 2.82. The molecule has 20 heavy (non-hydrogen) atoms. The Labute approximate surface area is 123 Å². The zero-order valence-corrected chi connectivity index (χ0v) is 13.3. The minimum Gasteiger partial charge on any atom is -0.311 e. The van der Waals surface area contributed by atoms with Crippen molar-refractivity contribution < 1.29 is 0 Å². The Bertz CT molecular complexity index is 380. The largest absolute Gasteiger partial charge is 0.311 e. The molecule has 1 fully saturated rings. The van der Waals surface area contributed by atoms with Gasteiger partial charge in [-0.1, -0.05) is 13.8 Å². The highest BCUT2D eigenvalue weighted by Gasteiger charge is 2.17. The zero-order chi connectivity index (χ0) is 14.4. The second kappa shape index (κ2) is 7.79. The Morgan fingerprint density at radius 2 is 2.10 bits per heavy atom. The molecular weight excluding hydrogens is 248 g/mol. The van der Waals surface area contributed by atoms with Crippen LogP contribution < -0.4 is 5.32 Å². The smallest absolute Gasteiger partial charge is 0.0762 e. The standard InChI is InChI=1S/C16H30N4/c1-4-14(3)20-11-8-16(18-20)13-17-12-15-6-9-19(5-2)10-7-15/h8,11,14-15,17H,4-7,9-10,12-13H2,1-3H3. The molecule has 1 atom stereocenters. The maximum atomic E-state index is 4.63. The monoisotopic (exact) mass is 278 g/mol. The van der Waals surface area contributed by atoms with Crippen molar-refractivity contribution >= 4 is 0 Å². The van der Waals surface area contributed by atoms with E-state index in [2.05, 4.69) is 53.0 Å². The summed E-state index contributed by atoms with van der Waals surface area (Å²) < 4.78 is 2.08. The first-order chi connectivity index (χ1) is 9.72. The predicted octanol–water partition coefficient (Wildman–Crippen LogP) is 2.68. The van der Waals surface area contributed by atoms with Crippen molar-refractivity contribution in [1.82, 2.24) is 20.0 Å². The topological polar surface area (TPSA) is 33.1 Å². The normalized spacial score (nSPS) is 19.4. The van der Waals surface area contributed by atoms with E-state index in [9.17, 15) is 0 Å². The highest BCUT2D eigenvalue weighted by atomic mass is 15.3. The van der Waals surface area contributed by atoms with Crippen LogP contribution in [0.1, 0.15) is 51.8 Å². The first-order valence-corrected chi connectivity index (χ1v) is 8.20. The van der Waals surface area contributed by atoms with E-state index in [0.717, 1.165) is 31.1 Å². The van der Waals surface area contributed by atoms with Crippen LogP contribution in [0, 0.1) is 5.92 Å². The summed E-state index contributed by atoms with van der Waals surface area (Å²) in [5.74, 6) is 0.842. The van der Waals surface area contributed by atoms with Gasteiger partial charge in [-0.05, 0) is 64.3 Å². The summed E-state index contributed by atoms with van der Waals surface area (Å²) in [4.78, 5) is 2.55. The molecule has 0 aliphatic carbocycles. The Morgan fingerprint density at radius 1 is 1.35 bits per heavy atom. The van der Waals surface area contributed by atoms with Crippen molar-refractivity contribution in [3.8, 4) is 0 Å². The van der Waals surface area contributed by atoms with Gasteiger partial charge >= 0.3 is 0 Å². The van der Waals surface area contributed by atoms with Gasteiger partial charge in [0, 0.05) is 18.8 Å². The van der Waals surface area contributed by atoms with Crippen molar-refractivity contribution in [2.24, 2.45) is 5.92 Å². The van der Waals surface area contributed by atoms with Gasteiger partial charge in [-0.2, -0.15) is 5.10 Å². The third kappa shape index (κ3) is 4.32. The van der Waals surface area contributed by atoms with Crippen molar-refractivity contribution in [1.29, 1.82) is 0 Å². The van der Waals surface area contributed by atoms with Gasteiger partial charge in [0.25, 0.3) is 0 Å². The van der Waals surface area contributed by atoms with E-state index in [1.165, 1.54) is 32.5 Å².